The molecular formula is C8H5ClF3NO. The molecule has 0 fully saturated rings. The molecule has 0 aliphatic rings. The van der Waals surface area contributed by atoms with E-state index < -0.39 is 11.7 Å². The van der Waals surface area contributed by atoms with Gasteiger partial charge in [-0.3, -0.25) is 0 Å². The van der Waals surface area contributed by atoms with Gasteiger partial charge in [-0.15, -0.1) is 0 Å². The number of rotatable bonds is 0. The van der Waals surface area contributed by atoms with Crippen molar-refractivity contribution in [3.8, 4) is 0 Å². The largest absolute Gasteiger partial charge is 0.417 e. The maximum absolute atomic E-state index is 12.0. The van der Waals surface area contributed by atoms with Gasteiger partial charge in [0.1, 0.15) is 0 Å². The summed E-state index contributed by atoms with van der Waals surface area (Å²) in [6, 6.07) is 4.92. The quantitative estimate of drug-likeness (QED) is 0.532. The van der Waals surface area contributed by atoms with Gasteiger partial charge in [-0.05, 0) is 12.1 Å². The van der Waals surface area contributed by atoms with E-state index in [1.54, 1.807) is 0 Å². The van der Waals surface area contributed by atoms with Crippen molar-refractivity contribution in [2.75, 3.05) is 0 Å². The minimum Gasteiger partial charge on any atom is -0.222 e. The van der Waals surface area contributed by atoms with E-state index in [4.69, 9.17) is 21.8 Å². The fraction of sp³-hybridized carbons (Fsp3) is 0.125. The summed E-state index contributed by atoms with van der Waals surface area (Å²) in [5.74, 6) is 0. The highest BCUT2D eigenvalue weighted by Gasteiger charge is 2.32. The Morgan fingerprint density at radius 1 is 1.29 bits per heavy atom. The summed E-state index contributed by atoms with van der Waals surface area (Å²) in [6.07, 6.45) is -3.60. The summed E-state index contributed by atoms with van der Waals surface area (Å²) >= 11 is 5.29. The first-order chi connectivity index (χ1) is 6.43. The topological polar surface area (TPSA) is 40.9 Å². The number of hydrogen-bond acceptors (Lipinski definition) is 2. The van der Waals surface area contributed by atoms with Crippen LogP contribution in [-0.2, 0) is 11.0 Å². The second-order valence-corrected chi connectivity index (χ2v) is 2.49. The molecule has 0 saturated heterocycles. The molecule has 0 spiro atoms. The van der Waals surface area contributed by atoms with Crippen LogP contribution in [0.25, 0.3) is 0 Å². The Kier molecular flexibility index (Phi) is 4.91. The summed E-state index contributed by atoms with van der Waals surface area (Å²) < 4.78 is 35.9. The van der Waals surface area contributed by atoms with Crippen LogP contribution in [0.2, 0.25) is 5.02 Å². The molecule has 1 rings (SSSR count). The highest BCUT2D eigenvalue weighted by molar-refractivity contribution is 6.31. The molecule has 0 unspecified atom stereocenters. The van der Waals surface area contributed by atoms with Gasteiger partial charge in [0.2, 0.25) is 6.08 Å². The van der Waals surface area contributed by atoms with Gasteiger partial charge < -0.3 is 0 Å². The Balaban J connectivity index is 0.000000500. The lowest BCUT2D eigenvalue weighted by molar-refractivity contribution is -0.137. The van der Waals surface area contributed by atoms with Crippen molar-refractivity contribution in [1.82, 2.24) is 0 Å². The molecule has 0 heterocycles. The number of hydrogen-bond donors (Lipinski definition) is 1. The number of halogens is 4. The van der Waals surface area contributed by atoms with Gasteiger partial charge in [-0.25, -0.2) is 10.2 Å². The first-order valence-corrected chi connectivity index (χ1v) is 3.67. The van der Waals surface area contributed by atoms with Crippen molar-refractivity contribution in [2.24, 2.45) is 0 Å². The van der Waals surface area contributed by atoms with Crippen LogP contribution in [0.3, 0.4) is 0 Å². The van der Waals surface area contributed by atoms with Crippen molar-refractivity contribution in [2.45, 2.75) is 6.18 Å². The van der Waals surface area contributed by atoms with Crippen LogP contribution in [0.15, 0.2) is 24.3 Å². The van der Waals surface area contributed by atoms with E-state index in [1.165, 1.54) is 18.2 Å². The first-order valence-electron chi connectivity index (χ1n) is 3.29. The Bertz CT molecular complexity index is 332. The summed E-state index contributed by atoms with van der Waals surface area (Å²) in [6.45, 7) is 0. The zero-order valence-corrected chi connectivity index (χ0v) is 7.49. The van der Waals surface area contributed by atoms with E-state index >= 15 is 0 Å². The van der Waals surface area contributed by atoms with Crippen molar-refractivity contribution in [3.05, 3.63) is 34.9 Å². The average molecular weight is 224 g/mol. The standard InChI is InChI=1S/C7H4ClF3.CHNO/c8-6-4-2-1-3-5(6)7(9,10)11;2-1-3/h1-4H;2H. The molecular weight excluding hydrogens is 219 g/mol. The zero-order valence-electron chi connectivity index (χ0n) is 6.73. The van der Waals surface area contributed by atoms with Gasteiger partial charge in [0.15, 0.2) is 0 Å². The van der Waals surface area contributed by atoms with Gasteiger partial charge in [0.05, 0.1) is 10.6 Å². The second kappa shape index (κ2) is 5.42. The molecule has 0 aromatic heterocycles. The van der Waals surface area contributed by atoms with Crippen molar-refractivity contribution >= 4 is 17.7 Å². The molecule has 0 aliphatic heterocycles. The van der Waals surface area contributed by atoms with Crippen LogP contribution in [0.1, 0.15) is 5.56 Å². The number of nitrogens with one attached hydrogen (secondary N) is 1. The van der Waals surface area contributed by atoms with Gasteiger partial charge in [-0.2, -0.15) is 13.2 Å². The monoisotopic (exact) mass is 223 g/mol. The highest BCUT2D eigenvalue weighted by atomic mass is 35.5. The van der Waals surface area contributed by atoms with Crippen molar-refractivity contribution in [1.29, 1.82) is 5.41 Å². The maximum atomic E-state index is 12.0. The Morgan fingerprint density at radius 3 is 2.00 bits per heavy atom. The molecule has 0 aliphatic carbocycles. The lowest BCUT2D eigenvalue weighted by atomic mass is 10.2. The zero-order chi connectivity index (χ0) is 11.2. The molecule has 14 heavy (non-hydrogen) atoms. The number of carbonyl (C=O) groups excluding carboxylic acids is 1. The Labute approximate surface area is 82.8 Å². The fourth-order valence-corrected chi connectivity index (χ4v) is 0.934. The summed E-state index contributed by atoms with van der Waals surface area (Å²) in [5.41, 5.74) is -0.790. The smallest absolute Gasteiger partial charge is 0.222 e. The van der Waals surface area contributed by atoms with Crippen molar-refractivity contribution in [3.63, 3.8) is 0 Å². The molecule has 6 heteroatoms. The number of benzene rings is 1. The summed E-state index contributed by atoms with van der Waals surface area (Å²) in [5, 5.41) is 5.14. The summed E-state index contributed by atoms with van der Waals surface area (Å²) in [7, 11) is 0. The Hall–Kier alpha value is -1.32. The number of isocyanates is 1. The minimum absolute atomic E-state index is 0.264. The average Bonchev–Trinajstić information content (AvgIpc) is 2.04. The van der Waals surface area contributed by atoms with E-state index in [0.717, 1.165) is 12.1 Å². The van der Waals surface area contributed by atoms with Crippen LogP contribution in [0.5, 0.6) is 0 Å². The molecule has 1 aromatic carbocycles. The molecule has 1 N–H and O–H groups in total. The van der Waals surface area contributed by atoms with Crippen LogP contribution in [-0.4, -0.2) is 6.08 Å². The molecule has 2 nitrogen and oxygen atoms in total. The SMILES string of the molecule is FC(F)(F)c1ccccc1Cl.N=C=O. The van der Waals surface area contributed by atoms with Crippen LogP contribution >= 0.6 is 11.6 Å². The molecule has 0 radical (unpaired) electrons. The Morgan fingerprint density at radius 2 is 1.71 bits per heavy atom. The van der Waals surface area contributed by atoms with Gasteiger partial charge in [-0.1, -0.05) is 23.7 Å². The van der Waals surface area contributed by atoms with Crippen LogP contribution in [0, 0.1) is 5.41 Å². The van der Waals surface area contributed by atoms with E-state index in [-0.39, 0.29) is 5.02 Å². The third kappa shape index (κ3) is 4.07. The molecule has 0 amide bonds. The molecule has 0 saturated carbocycles. The highest BCUT2D eigenvalue weighted by Crippen LogP contribution is 2.33. The normalized spacial score (nSPS) is 9.71. The lowest BCUT2D eigenvalue weighted by Crippen LogP contribution is -2.04. The van der Waals surface area contributed by atoms with E-state index in [9.17, 15) is 13.2 Å². The maximum Gasteiger partial charge on any atom is 0.417 e. The third-order valence-corrected chi connectivity index (χ3v) is 1.51. The predicted molar refractivity (Wildman–Crippen MR) is 44.9 cm³/mol. The lowest BCUT2D eigenvalue weighted by Gasteiger charge is -2.06. The van der Waals surface area contributed by atoms with E-state index in [0.29, 0.717) is 0 Å². The second-order valence-electron chi connectivity index (χ2n) is 2.08. The predicted octanol–water partition coefficient (Wildman–Crippen LogP) is 3.26. The minimum atomic E-state index is -4.35. The first kappa shape index (κ1) is 12.7. The molecule has 0 atom stereocenters. The molecule has 76 valence electrons. The van der Waals surface area contributed by atoms with Crippen LogP contribution in [0.4, 0.5) is 13.2 Å². The van der Waals surface area contributed by atoms with E-state index in [2.05, 4.69) is 0 Å². The number of alkyl halides is 3. The van der Waals surface area contributed by atoms with Gasteiger partial charge in [0.25, 0.3) is 0 Å². The third-order valence-electron chi connectivity index (χ3n) is 1.18. The van der Waals surface area contributed by atoms with E-state index in [1.807, 2.05) is 0 Å². The van der Waals surface area contributed by atoms with Gasteiger partial charge in [0, 0.05) is 0 Å². The van der Waals surface area contributed by atoms with Gasteiger partial charge >= 0.3 is 6.18 Å². The molecule has 1 aromatic rings. The van der Waals surface area contributed by atoms with Crippen molar-refractivity contribution < 1.29 is 18.0 Å². The summed E-state index contributed by atoms with van der Waals surface area (Å²) in [4.78, 5) is 8.35. The molecule has 0 bridgehead atoms. The fourth-order valence-electron chi connectivity index (χ4n) is 0.691. The van der Waals surface area contributed by atoms with Crippen LogP contribution < -0.4 is 0 Å².